The maximum absolute atomic E-state index is 12.4. The Labute approximate surface area is 141 Å². The van der Waals surface area contributed by atoms with E-state index in [0.29, 0.717) is 6.10 Å². The van der Waals surface area contributed by atoms with Gasteiger partial charge in [0.2, 0.25) is 0 Å². The lowest BCUT2D eigenvalue weighted by molar-refractivity contribution is 0.00670. The quantitative estimate of drug-likeness (QED) is 0.787. The molecule has 0 saturated carbocycles. The minimum atomic E-state index is -0.426. The lowest BCUT2D eigenvalue weighted by Crippen LogP contribution is -2.50. The molecule has 0 aromatic carbocycles. The minimum absolute atomic E-state index is 0.167. The first-order chi connectivity index (χ1) is 11.0. The second-order valence-electron chi connectivity index (χ2n) is 7.80. The lowest BCUT2D eigenvalue weighted by Gasteiger charge is -2.37. The van der Waals surface area contributed by atoms with Crippen molar-refractivity contribution in [1.29, 1.82) is 0 Å². The van der Waals surface area contributed by atoms with Crippen LogP contribution in [0.3, 0.4) is 0 Å². The molecule has 2 aliphatic rings. The van der Waals surface area contributed by atoms with Crippen molar-refractivity contribution in [3.8, 4) is 0 Å². The normalized spacial score (nSPS) is 26.1. The molecule has 0 aromatic rings. The van der Waals surface area contributed by atoms with E-state index in [0.717, 1.165) is 45.5 Å². The van der Waals surface area contributed by atoms with Crippen LogP contribution in [0.5, 0.6) is 0 Å². The Bertz CT molecular complexity index is 362. The first kappa shape index (κ1) is 18.5. The van der Waals surface area contributed by atoms with Gasteiger partial charge >= 0.3 is 6.09 Å². The molecular weight excluding hydrogens is 292 g/mol. The second kappa shape index (κ2) is 8.88. The van der Waals surface area contributed by atoms with Crippen LogP contribution < -0.4 is 5.32 Å². The first-order valence-electron chi connectivity index (χ1n) is 9.27. The van der Waals surface area contributed by atoms with Crippen molar-refractivity contribution in [2.45, 2.75) is 83.5 Å². The van der Waals surface area contributed by atoms with E-state index in [9.17, 15) is 4.79 Å². The van der Waals surface area contributed by atoms with Crippen molar-refractivity contribution in [2.75, 3.05) is 26.2 Å². The zero-order valence-electron chi connectivity index (χ0n) is 15.1. The van der Waals surface area contributed by atoms with Crippen molar-refractivity contribution in [3.05, 3.63) is 0 Å². The summed E-state index contributed by atoms with van der Waals surface area (Å²) in [6.45, 7) is 9.31. The predicted octanol–water partition coefficient (Wildman–Crippen LogP) is 3.32. The molecular formula is C18H34N2O3. The van der Waals surface area contributed by atoms with Crippen LogP contribution in [0.25, 0.3) is 0 Å². The zero-order valence-corrected chi connectivity index (χ0v) is 15.1. The Kier molecular flexibility index (Phi) is 7.15. The number of rotatable bonds is 5. The monoisotopic (exact) mass is 326 g/mol. The number of likely N-dealkylation sites (tertiary alicyclic amines) is 1. The molecule has 1 amide bonds. The summed E-state index contributed by atoms with van der Waals surface area (Å²) in [5, 5.41) is 3.52. The highest BCUT2D eigenvalue weighted by molar-refractivity contribution is 5.68. The van der Waals surface area contributed by atoms with E-state index < -0.39 is 5.60 Å². The molecule has 0 spiro atoms. The maximum Gasteiger partial charge on any atom is 0.410 e. The molecule has 2 unspecified atom stereocenters. The van der Waals surface area contributed by atoms with Crippen LogP contribution in [0.15, 0.2) is 0 Å². The van der Waals surface area contributed by atoms with Crippen LogP contribution in [0, 0.1) is 0 Å². The molecule has 2 aliphatic heterocycles. The number of amides is 1. The summed E-state index contributed by atoms with van der Waals surface area (Å²) in [5.41, 5.74) is -0.426. The fraction of sp³-hybridized carbons (Fsp3) is 0.944. The number of carbonyl (C=O) groups is 1. The molecule has 1 N–H and O–H groups in total. The van der Waals surface area contributed by atoms with Crippen LogP contribution in [-0.4, -0.2) is 55.0 Å². The van der Waals surface area contributed by atoms with Gasteiger partial charge in [-0.1, -0.05) is 0 Å². The zero-order chi connectivity index (χ0) is 16.7. The van der Waals surface area contributed by atoms with Gasteiger partial charge in [0.25, 0.3) is 0 Å². The SMILES string of the molecule is CC(C)(C)OC(=O)N1CCCCC1CNCCC1CCCCO1. The summed E-state index contributed by atoms with van der Waals surface area (Å²) in [7, 11) is 0. The van der Waals surface area contributed by atoms with Crippen LogP contribution in [0.1, 0.15) is 65.7 Å². The predicted molar refractivity (Wildman–Crippen MR) is 91.7 cm³/mol. The van der Waals surface area contributed by atoms with E-state index in [1.165, 1.54) is 25.7 Å². The van der Waals surface area contributed by atoms with Crippen molar-refractivity contribution >= 4 is 6.09 Å². The number of piperidine rings is 1. The molecule has 0 radical (unpaired) electrons. The van der Waals surface area contributed by atoms with Gasteiger partial charge in [-0.25, -0.2) is 4.79 Å². The Hall–Kier alpha value is -0.810. The van der Waals surface area contributed by atoms with Crippen LogP contribution >= 0.6 is 0 Å². The Morgan fingerprint density at radius 1 is 1.22 bits per heavy atom. The highest BCUT2D eigenvalue weighted by Gasteiger charge is 2.30. The summed E-state index contributed by atoms with van der Waals surface area (Å²) in [5.74, 6) is 0. The summed E-state index contributed by atoms with van der Waals surface area (Å²) in [6.07, 6.45) is 8.34. The molecule has 134 valence electrons. The second-order valence-corrected chi connectivity index (χ2v) is 7.80. The van der Waals surface area contributed by atoms with Gasteiger partial charge in [0.1, 0.15) is 5.60 Å². The lowest BCUT2D eigenvalue weighted by atomic mass is 10.0. The van der Waals surface area contributed by atoms with Crippen LogP contribution in [0.2, 0.25) is 0 Å². The molecule has 5 nitrogen and oxygen atoms in total. The molecule has 0 aromatic heterocycles. The third-order valence-electron chi connectivity index (χ3n) is 4.55. The van der Waals surface area contributed by atoms with Gasteiger partial charge in [-0.05, 0) is 72.3 Å². The van der Waals surface area contributed by atoms with E-state index in [1.54, 1.807) is 0 Å². The maximum atomic E-state index is 12.4. The van der Waals surface area contributed by atoms with Gasteiger partial charge in [-0.2, -0.15) is 0 Å². The molecule has 0 aliphatic carbocycles. The average molecular weight is 326 g/mol. The van der Waals surface area contributed by atoms with Crippen LogP contribution in [0.4, 0.5) is 4.79 Å². The van der Waals surface area contributed by atoms with Crippen molar-refractivity contribution in [1.82, 2.24) is 10.2 Å². The topological polar surface area (TPSA) is 50.8 Å². The summed E-state index contributed by atoms with van der Waals surface area (Å²) < 4.78 is 11.3. The molecule has 5 heteroatoms. The van der Waals surface area contributed by atoms with Crippen LogP contribution in [-0.2, 0) is 9.47 Å². The van der Waals surface area contributed by atoms with Crippen molar-refractivity contribution < 1.29 is 14.3 Å². The van der Waals surface area contributed by atoms with Crippen molar-refractivity contribution in [2.24, 2.45) is 0 Å². The van der Waals surface area contributed by atoms with Gasteiger partial charge in [0.05, 0.1) is 6.10 Å². The van der Waals surface area contributed by atoms with Gasteiger partial charge in [-0.15, -0.1) is 0 Å². The van der Waals surface area contributed by atoms with Crippen molar-refractivity contribution in [3.63, 3.8) is 0 Å². The van der Waals surface area contributed by atoms with E-state index in [2.05, 4.69) is 5.32 Å². The largest absolute Gasteiger partial charge is 0.444 e. The molecule has 2 rings (SSSR count). The number of nitrogens with one attached hydrogen (secondary N) is 1. The van der Waals surface area contributed by atoms with Gasteiger partial charge in [0, 0.05) is 25.7 Å². The average Bonchev–Trinajstić information content (AvgIpc) is 2.51. The minimum Gasteiger partial charge on any atom is -0.444 e. The number of hydrogen-bond acceptors (Lipinski definition) is 4. The Balaban J connectivity index is 1.71. The van der Waals surface area contributed by atoms with Gasteiger partial charge in [-0.3, -0.25) is 0 Å². The fourth-order valence-corrected chi connectivity index (χ4v) is 3.34. The number of hydrogen-bond donors (Lipinski definition) is 1. The van der Waals surface area contributed by atoms with Gasteiger partial charge in [0.15, 0.2) is 0 Å². The number of nitrogens with zero attached hydrogens (tertiary/aromatic N) is 1. The molecule has 23 heavy (non-hydrogen) atoms. The van der Waals surface area contributed by atoms with Gasteiger partial charge < -0.3 is 19.7 Å². The number of ether oxygens (including phenoxy) is 2. The third-order valence-corrected chi connectivity index (χ3v) is 4.55. The third kappa shape index (κ3) is 6.68. The Morgan fingerprint density at radius 3 is 2.70 bits per heavy atom. The van der Waals surface area contributed by atoms with E-state index >= 15 is 0 Å². The first-order valence-corrected chi connectivity index (χ1v) is 9.27. The fourth-order valence-electron chi connectivity index (χ4n) is 3.34. The highest BCUT2D eigenvalue weighted by atomic mass is 16.6. The number of carbonyl (C=O) groups excluding carboxylic acids is 1. The Morgan fingerprint density at radius 2 is 2.00 bits per heavy atom. The van der Waals surface area contributed by atoms with E-state index in [4.69, 9.17) is 9.47 Å². The molecule has 2 atom stereocenters. The summed E-state index contributed by atoms with van der Waals surface area (Å²) >= 11 is 0. The molecule has 0 bridgehead atoms. The molecule has 2 saturated heterocycles. The van der Waals surface area contributed by atoms with E-state index in [1.807, 2.05) is 25.7 Å². The smallest absolute Gasteiger partial charge is 0.410 e. The van der Waals surface area contributed by atoms with E-state index in [-0.39, 0.29) is 12.1 Å². The standard InChI is InChI=1S/C18H34N2O3/c1-18(2,3)23-17(21)20-12-6-4-8-15(20)14-19-11-10-16-9-5-7-13-22-16/h15-16,19H,4-14H2,1-3H3. The molecule has 2 heterocycles. The summed E-state index contributed by atoms with van der Waals surface area (Å²) in [4.78, 5) is 14.3. The summed E-state index contributed by atoms with van der Waals surface area (Å²) in [6, 6.07) is 0.255. The highest BCUT2D eigenvalue weighted by Crippen LogP contribution is 2.20. The molecule has 2 fully saturated rings.